The number of nitrogens with zero attached hydrogens (tertiary/aromatic N) is 1. The van der Waals surface area contributed by atoms with Crippen LogP contribution in [-0.2, 0) is 10.0 Å². The molecule has 2 N–H and O–H groups in total. The lowest BCUT2D eigenvalue weighted by Crippen LogP contribution is -2.28. The standard InChI is InChI=1S/C22H17F2N3O3S/c1-14-5-8-17(9-6-14)27-31(29,30)18-4-2-3-15(11-18)22(28)26-21(13-25)19-10-7-16(23)12-20(19)24/h2-12,21,27H,1H3,(H,26,28). The summed E-state index contributed by atoms with van der Waals surface area (Å²) in [5.74, 6) is -2.59. The number of nitriles is 1. The summed E-state index contributed by atoms with van der Waals surface area (Å²) in [6.07, 6.45) is 0. The molecule has 3 aromatic rings. The fraction of sp³-hybridized carbons (Fsp3) is 0.0909. The maximum Gasteiger partial charge on any atom is 0.261 e. The molecule has 0 saturated heterocycles. The van der Waals surface area contributed by atoms with Crippen molar-refractivity contribution in [1.29, 1.82) is 5.26 Å². The van der Waals surface area contributed by atoms with E-state index < -0.39 is 33.6 Å². The molecule has 1 atom stereocenters. The van der Waals surface area contributed by atoms with Gasteiger partial charge in [0.05, 0.1) is 11.0 Å². The van der Waals surface area contributed by atoms with Gasteiger partial charge in [-0.25, -0.2) is 17.2 Å². The van der Waals surface area contributed by atoms with Crippen LogP contribution < -0.4 is 10.0 Å². The van der Waals surface area contributed by atoms with Gasteiger partial charge in [-0.15, -0.1) is 0 Å². The predicted molar refractivity (Wildman–Crippen MR) is 111 cm³/mol. The topological polar surface area (TPSA) is 99.1 Å². The van der Waals surface area contributed by atoms with Gasteiger partial charge in [0, 0.05) is 22.9 Å². The number of carbonyl (C=O) groups is 1. The molecule has 9 heteroatoms. The molecule has 3 aromatic carbocycles. The van der Waals surface area contributed by atoms with Gasteiger partial charge >= 0.3 is 0 Å². The second kappa shape index (κ2) is 8.93. The maximum atomic E-state index is 14.0. The number of nitrogens with one attached hydrogen (secondary N) is 2. The highest BCUT2D eigenvalue weighted by Crippen LogP contribution is 2.20. The van der Waals surface area contributed by atoms with Gasteiger partial charge in [-0.3, -0.25) is 9.52 Å². The number of benzene rings is 3. The SMILES string of the molecule is Cc1ccc(NS(=O)(=O)c2cccc(C(=O)NC(C#N)c3ccc(F)cc3F)c2)cc1. The van der Waals surface area contributed by atoms with Crippen molar-refractivity contribution >= 4 is 21.6 Å². The predicted octanol–water partition coefficient (Wildman–Crippen LogP) is 4.07. The summed E-state index contributed by atoms with van der Waals surface area (Å²) in [6, 6.07) is 14.9. The van der Waals surface area contributed by atoms with Crippen molar-refractivity contribution in [1.82, 2.24) is 5.32 Å². The minimum Gasteiger partial charge on any atom is -0.332 e. The summed E-state index contributed by atoms with van der Waals surface area (Å²) in [5.41, 5.74) is 1.07. The summed E-state index contributed by atoms with van der Waals surface area (Å²) in [5, 5.41) is 11.6. The van der Waals surface area contributed by atoms with Gasteiger partial charge in [-0.2, -0.15) is 5.26 Å². The van der Waals surface area contributed by atoms with Gasteiger partial charge in [-0.1, -0.05) is 29.8 Å². The summed E-state index contributed by atoms with van der Waals surface area (Å²) in [6.45, 7) is 1.87. The van der Waals surface area contributed by atoms with Crippen molar-refractivity contribution < 1.29 is 22.0 Å². The average Bonchev–Trinajstić information content (AvgIpc) is 2.74. The summed E-state index contributed by atoms with van der Waals surface area (Å²) >= 11 is 0. The third-order valence-electron chi connectivity index (χ3n) is 4.39. The molecule has 31 heavy (non-hydrogen) atoms. The van der Waals surface area contributed by atoms with E-state index >= 15 is 0 Å². The number of aryl methyl sites for hydroxylation is 1. The van der Waals surface area contributed by atoms with Crippen molar-refractivity contribution in [2.45, 2.75) is 17.9 Å². The largest absolute Gasteiger partial charge is 0.332 e. The molecule has 1 amide bonds. The van der Waals surface area contributed by atoms with Crippen molar-refractivity contribution in [3.05, 3.63) is 95.1 Å². The zero-order valence-corrected chi connectivity index (χ0v) is 17.1. The van der Waals surface area contributed by atoms with E-state index in [2.05, 4.69) is 10.0 Å². The van der Waals surface area contributed by atoms with Gasteiger partial charge in [0.1, 0.15) is 17.7 Å². The normalized spacial score (nSPS) is 11.9. The third-order valence-corrected chi connectivity index (χ3v) is 5.77. The first-order valence-electron chi connectivity index (χ1n) is 9.04. The third kappa shape index (κ3) is 5.24. The first kappa shape index (κ1) is 21.9. The highest BCUT2D eigenvalue weighted by molar-refractivity contribution is 7.92. The van der Waals surface area contributed by atoms with Crippen molar-refractivity contribution in [2.24, 2.45) is 0 Å². The molecule has 0 aromatic heterocycles. The number of rotatable bonds is 6. The van der Waals surface area contributed by atoms with Crippen LogP contribution in [0.4, 0.5) is 14.5 Å². The summed E-state index contributed by atoms with van der Waals surface area (Å²) in [7, 11) is -3.98. The lowest BCUT2D eigenvalue weighted by Gasteiger charge is -2.14. The molecule has 158 valence electrons. The lowest BCUT2D eigenvalue weighted by molar-refractivity contribution is 0.0944. The lowest BCUT2D eigenvalue weighted by atomic mass is 10.1. The molecule has 0 bridgehead atoms. The fourth-order valence-corrected chi connectivity index (χ4v) is 3.87. The van der Waals surface area contributed by atoms with Crippen molar-refractivity contribution in [2.75, 3.05) is 4.72 Å². The van der Waals surface area contributed by atoms with E-state index in [1.54, 1.807) is 30.3 Å². The highest BCUT2D eigenvalue weighted by Gasteiger charge is 2.21. The number of hydrogen-bond acceptors (Lipinski definition) is 4. The van der Waals surface area contributed by atoms with E-state index in [9.17, 15) is 27.3 Å². The zero-order chi connectivity index (χ0) is 22.6. The van der Waals surface area contributed by atoms with E-state index in [1.807, 2.05) is 6.92 Å². The maximum absolute atomic E-state index is 14.0. The molecule has 0 fully saturated rings. The molecule has 0 heterocycles. The molecular weight excluding hydrogens is 424 g/mol. The Bertz CT molecular complexity index is 1270. The molecular formula is C22H17F2N3O3S. The van der Waals surface area contributed by atoms with Crippen molar-refractivity contribution in [3.63, 3.8) is 0 Å². The number of sulfonamides is 1. The molecule has 0 aliphatic heterocycles. The van der Waals surface area contributed by atoms with Crippen LogP contribution >= 0.6 is 0 Å². The Kier molecular flexibility index (Phi) is 6.32. The minimum atomic E-state index is -3.98. The van der Waals surface area contributed by atoms with Crippen LogP contribution in [0.15, 0.2) is 71.6 Å². The van der Waals surface area contributed by atoms with E-state index in [4.69, 9.17) is 0 Å². The number of amides is 1. The first-order chi connectivity index (χ1) is 14.7. The second-order valence-electron chi connectivity index (χ2n) is 6.70. The summed E-state index contributed by atoms with van der Waals surface area (Å²) in [4.78, 5) is 12.4. The average molecular weight is 441 g/mol. The molecule has 0 spiro atoms. The zero-order valence-electron chi connectivity index (χ0n) is 16.3. The molecule has 0 radical (unpaired) electrons. The quantitative estimate of drug-likeness (QED) is 0.602. The van der Waals surface area contributed by atoms with Crippen LogP contribution in [0.3, 0.4) is 0 Å². The number of carbonyl (C=O) groups excluding carboxylic acids is 1. The van der Waals surface area contributed by atoms with Gasteiger partial charge in [0.15, 0.2) is 0 Å². The van der Waals surface area contributed by atoms with E-state index in [0.29, 0.717) is 11.8 Å². The first-order valence-corrected chi connectivity index (χ1v) is 10.5. The highest BCUT2D eigenvalue weighted by atomic mass is 32.2. The van der Waals surface area contributed by atoms with Crippen LogP contribution in [0.5, 0.6) is 0 Å². The molecule has 0 aliphatic carbocycles. The van der Waals surface area contributed by atoms with Crippen LogP contribution in [0.1, 0.15) is 27.5 Å². The van der Waals surface area contributed by atoms with Crippen LogP contribution in [0, 0.1) is 29.9 Å². The van der Waals surface area contributed by atoms with Crippen LogP contribution in [0.25, 0.3) is 0 Å². The smallest absolute Gasteiger partial charge is 0.261 e. The Morgan fingerprint density at radius 1 is 1.03 bits per heavy atom. The molecule has 1 unspecified atom stereocenters. The van der Waals surface area contributed by atoms with Crippen LogP contribution in [0.2, 0.25) is 0 Å². The summed E-state index contributed by atoms with van der Waals surface area (Å²) < 4.78 is 54.8. The van der Waals surface area contributed by atoms with E-state index in [1.165, 1.54) is 18.2 Å². The number of halogens is 2. The molecule has 0 saturated carbocycles. The molecule has 0 aliphatic rings. The Morgan fingerprint density at radius 2 is 1.74 bits per heavy atom. The number of hydrogen-bond donors (Lipinski definition) is 2. The van der Waals surface area contributed by atoms with Gasteiger partial charge in [0.25, 0.3) is 15.9 Å². The minimum absolute atomic E-state index is 0.0467. The fourth-order valence-electron chi connectivity index (χ4n) is 2.77. The second-order valence-corrected chi connectivity index (χ2v) is 8.38. The van der Waals surface area contributed by atoms with Gasteiger partial charge in [0.2, 0.25) is 0 Å². The Labute approximate surface area is 178 Å². The van der Waals surface area contributed by atoms with Gasteiger partial charge < -0.3 is 5.32 Å². The van der Waals surface area contributed by atoms with Crippen molar-refractivity contribution in [3.8, 4) is 6.07 Å². The molecule has 6 nitrogen and oxygen atoms in total. The Hall–Kier alpha value is -3.77. The van der Waals surface area contributed by atoms with E-state index in [0.717, 1.165) is 23.8 Å². The number of anilines is 1. The Balaban J connectivity index is 1.82. The van der Waals surface area contributed by atoms with Crippen LogP contribution in [-0.4, -0.2) is 14.3 Å². The van der Waals surface area contributed by atoms with E-state index in [-0.39, 0.29) is 16.0 Å². The molecule has 3 rings (SSSR count). The monoisotopic (exact) mass is 441 g/mol. The Morgan fingerprint density at radius 3 is 2.39 bits per heavy atom. The van der Waals surface area contributed by atoms with Gasteiger partial charge in [-0.05, 0) is 43.3 Å².